The Morgan fingerprint density at radius 1 is 1.40 bits per heavy atom. The van der Waals surface area contributed by atoms with Crippen molar-refractivity contribution in [3.8, 4) is 0 Å². The molecule has 1 N–H and O–H groups in total. The first-order valence-corrected chi connectivity index (χ1v) is 6.71. The molecule has 0 saturated heterocycles. The zero-order valence-electron chi connectivity index (χ0n) is 10.8. The summed E-state index contributed by atoms with van der Waals surface area (Å²) in [7, 11) is 0. The van der Waals surface area contributed by atoms with Gasteiger partial charge in [0.1, 0.15) is 5.02 Å². The Morgan fingerprint density at radius 2 is 2.05 bits per heavy atom. The zero-order chi connectivity index (χ0) is 15.3. The summed E-state index contributed by atoms with van der Waals surface area (Å²) in [5, 5.41) is 19.6. The number of aliphatic hydroxyl groups is 1. The van der Waals surface area contributed by atoms with Gasteiger partial charge in [-0.1, -0.05) is 30.1 Å². The molecule has 0 unspecified atom stereocenters. The molecule has 0 bridgehead atoms. The molecule has 8 heteroatoms. The van der Waals surface area contributed by atoms with E-state index in [1.54, 1.807) is 0 Å². The van der Waals surface area contributed by atoms with Crippen LogP contribution in [0.2, 0.25) is 10.0 Å². The van der Waals surface area contributed by atoms with Crippen LogP contribution in [0.25, 0.3) is 0 Å². The van der Waals surface area contributed by atoms with Crippen molar-refractivity contribution in [1.29, 1.82) is 0 Å². The molecule has 0 atom stereocenters. The number of aliphatic hydroxyl groups excluding tert-OH is 1. The van der Waals surface area contributed by atoms with Crippen LogP contribution in [0, 0.1) is 10.1 Å². The normalized spacial score (nSPS) is 10.4. The second kappa shape index (κ2) is 7.42. The molecule has 0 aliphatic heterocycles. The fourth-order valence-electron chi connectivity index (χ4n) is 1.72. The highest BCUT2D eigenvalue weighted by Crippen LogP contribution is 2.33. The van der Waals surface area contributed by atoms with Gasteiger partial charge in [-0.05, 0) is 12.5 Å². The molecule has 0 aliphatic rings. The average molecular weight is 321 g/mol. The van der Waals surface area contributed by atoms with Crippen molar-refractivity contribution >= 4 is 34.8 Å². The number of nitro benzene ring substituents is 1. The van der Waals surface area contributed by atoms with Crippen molar-refractivity contribution in [2.24, 2.45) is 0 Å². The Hall–Kier alpha value is -1.37. The molecule has 6 nitrogen and oxygen atoms in total. The second-order valence-electron chi connectivity index (χ2n) is 4.06. The molecule has 1 rings (SSSR count). The van der Waals surface area contributed by atoms with E-state index in [9.17, 15) is 14.9 Å². The van der Waals surface area contributed by atoms with Crippen LogP contribution < -0.4 is 0 Å². The highest BCUT2D eigenvalue weighted by atomic mass is 35.5. The SMILES string of the molecule is CCCN(CCO)C(=O)c1cc(Cl)c(Cl)c([N+](=O)[O-])c1. The third-order valence-corrected chi connectivity index (χ3v) is 3.40. The van der Waals surface area contributed by atoms with Crippen LogP contribution in [-0.4, -0.2) is 40.5 Å². The lowest BCUT2D eigenvalue weighted by molar-refractivity contribution is -0.384. The van der Waals surface area contributed by atoms with Crippen LogP contribution >= 0.6 is 23.2 Å². The number of carbonyl (C=O) groups is 1. The van der Waals surface area contributed by atoms with Crippen LogP contribution in [0.3, 0.4) is 0 Å². The number of nitrogens with zero attached hydrogens (tertiary/aromatic N) is 2. The van der Waals surface area contributed by atoms with E-state index < -0.39 is 16.5 Å². The van der Waals surface area contributed by atoms with Crippen LogP contribution in [0.1, 0.15) is 23.7 Å². The molecular formula is C12H14Cl2N2O4. The average Bonchev–Trinajstić information content (AvgIpc) is 2.40. The molecule has 1 aromatic rings. The number of hydrogen-bond donors (Lipinski definition) is 1. The molecular weight excluding hydrogens is 307 g/mol. The molecule has 20 heavy (non-hydrogen) atoms. The number of amides is 1. The van der Waals surface area contributed by atoms with E-state index >= 15 is 0 Å². The van der Waals surface area contributed by atoms with Crippen molar-refractivity contribution in [1.82, 2.24) is 4.90 Å². The Labute approximate surface area is 126 Å². The minimum Gasteiger partial charge on any atom is -0.395 e. The molecule has 110 valence electrons. The number of hydrogen-bond acceptors (Lipinski definition) is 4. The summed E-state index contributed by atoms with van der Waals surface area (Å²) in [6, 6.07) is 2.38. The molecule has 1 aromatic carbocycles. The quantitative estimate of drug-likeness (QED) is 0.645. The first-order chi connectivity index (χ1) is 9.42. The monoisotopic (exact) mass is 320 g/mol. The maximum atomic E-state index is 12.3. The smallest absolute Gasteiger partial charge is 0.290 e. The fraction of sp³-hybridized carbons (Fsp3) is 0.417. The molecule has 0 saturated carbocycles. The van der Waals surface area contributed by atoms with Gasteiger partial charge >= 0.3 is 0 Å². The van der Waals surface area contributed by atoms with E-state index in [0.717, 1.165) is 6.07 Å². The van der Waals surface area contributed by atoms with Crippen molar-refractivity contribution in [3.05, 3.63) is 37.9 Å². The number of nitro groups is 1. The van der Waals surface area contributed by atoms with Crippen molar-refractivity contribution in [2.75, 3.05) is 19.7 Å². The van der Waals surface area contributed by atoms with Gasteiger partial charge in [0, 0.05) is 24.7 Å². The van der Waals surface area contributed by atoms with E-state index in [-0.39, 0.29) is 28.8 Å². The summed E-state index contributed by atoms with van der Waals surface area (Å²) in [6.07, 6.45) is 0.704. The van der Waals surface area contributed by atoms with Crippen molar-refractivity contribution < 1.29 is 14.8 Å². The first kappa shape index (κ1) is 16.7. The van der Waals surface area contributed by atoms with Gasteiger partial charge < -0.3 is 10.0 Å². The Balaban J connectivity index is 3.18. The molecule has 0 spiro atoms. The van der Waals surface area contributed by atoms with Gasteiger partial charge in [0.2, 0.25) is 0 Å². The molecule has 0 fully saturated rings. The van der Waals surface area contributed by atoms with Gasteiger partial charge in [0.25, 0.3) is 11.6 Å². The lowest BCUT2D eigenvalue weighted by atomic mass is 10.1. The summed E-state index contributed by atoms with van der Waals surface area (Å²) >= 11 is 11.5. The predicted octanol–water partition coefficient (Wildman–Crippen LogP) is 2.75. The lowest BCUT2D eigenvalue weighted by Gasteiger charge is -2.21. The van der Waals surface area contributed by atoms with Crippen LogP contribution in [0.5, 0.6) is 0 Å². The molecule has 1 amide bonds. The molecule has 0 aliphatic carbocycles. The number of benzene rings is 1. The predicted molar refractivity (Wildman–Crippen MR) is 76.4 cm³/mol. The maximum absolute atomic E-state index is 12.3. The highest BCUT2D eigenvalue weighted by molar-refractivity contribution is 6.43. The fourth-order valence-corrected chi connectivity index (χ4v) is 2.11. The van der Waals surface area contributed by atoms with E-state index in [1.165, 1.54) is 11.0 Å². The van der Waals surface area contributed by atoms with Gasteiger partial charge in [-0.3, -0.25) is 14.9 Å². The Morgan fingerprint density at radius 3 is 2.55 bits per heavy atom. The summed E-state index contributed by atoms with van der Waals surface area (Å²) in [5.41, 5.74) is -0.337. The Bertz CT molecular complexity index is 516. The third-order valence-electron chi connectivity index (χ3n) is 2.60. The van der Waals surface area contributed by atoms with E-state index in [0.29, 0.717) is 13.0 Å². The first-order valence-electron chi connectivity index (χ1n) is 5.95. The number of carbonyl (C=O) groups excluding carboxylic acids is 1. The van der Waals surface area contributed by atoms with Crippen molar-refractivity contribution in [2.45, 2.75) is 13.3 Å². The van der Waals surface area contributed by atoms with Crippen molar-refractivity contribution in [3.63, 3.8) is 0 Å². The number of rotatable bonds is 6. The van der Waals surface area contributed by atoms with Crippen LogP contribution in [0.4, 0.5) is 5.69 Å². The lowest BCUT2D eigenvalue weighted by Crippen LogP contribution is -2.34. The largest absolute Gasteiger partial charge is 0.395 e. The molecule has 0 aromatic heterocycles. The maximum Gasteiger partial charge on any atom is 0.290 e. The minimum absolute atomic E-state index is 0.0512. The van der Waals surface area contributed by atoms with Gasteiger partial charge in [-0.15, -0.1) is 0 Å². The summed E-state index contributed by atoms with van der Waals surface area (Å²) in [4.78, 5) is 23.8. The molecule has 0 radical (unpaired) electrons. The minimum atomic E-state index is -0.693. The van der Waals surface area contributed by atoms with E-state index in [4.69, 9.17) is 28.3 Å². The third kappa shape index (κ3) is 3.82. The van der Waals surface area contributed by atoms with Gasteiger partial charge in [-0.25, -0.2) is 0 Å². The number of halogens is 2. The highest BCUT2D eigenvalue weighted by Gasteiger charge is 2.22. The van der Waals surface area contributed by atoms with E-state index in [1.807, 2.05) is 6.92 Å². The van der Waals surface area contributed by atoms with Gasteiger partial charge in [0.15, 0.2) is 0 Å². The van der Waals surface area contributed by atoms with E-state index in [2.05, 4.69) is 0 Å². The summed E-state index contributed by atoms with van der Waals surface area (Å²) in [5.74, 6) is -0.428. The summed E-state index contributed by atoms with van der Waals surface area (Å²) < 4.78 is 0. The van der Waals surface area contributed by atoms with Crippen LogP contribution in [-0.2, 0) is 0 Å². The summed E-state index contributed by atoms with van der Waals surface area (Å²) in [6.45, 7) is 2.29. The second-order valence-corrected chi connectivity index (χ2v) is 4.85. The van der Waals surface area contributed by atoms with Crippen LogP contribution in [0.15, 0.2) is 12.1 Å². The van der Waals surface area contributed by atoms with Gasteiger partial charge in [-0.2, -0.15) is 0 Å². The Kier molecular flexibility index (Phi) is 6.19. The topological polar surface area (TPSA) is 83.7 Å². The zero-order valence-corrected chi connectivity index (χ0v) is 12.3. The molecule has 0 heterocycles. The standard InChI is InChI=1S/C12H14Cl2N2O4/c1-2-3-15(4-5-17)12(18)8-6-9(13)11(14)10(7-8)16(19)20/h6-7,17H,2-5H2,1H3. The van der Waals surface area contributed by atoms with Gasteiger partial charge in [0.05, 0.1) is 16.6 Å².